The molecule has 5 heterocycles. The molecule has 102 valence electrons. The molecule has 0 saturated carbocycles. The third-order valence-corrected chi connectivity index (χ3v) is 5.84. The number of amides is 1. The van der Waals surface area contributed by atoms with Gasteiger partial charge in [0.15, 0.2) is 0 Å². The van der Waals surface area contributed by atoms with Crippen LogP contribution in [0.5, 0.6) is 0 Å². The van der Waals surface area contributed by atoms with Crippen LogP contribution in [-0.2, 0) is 4.74 Å². The van der Waals surface area contributed by atoms with Crippen LogP contribution in [0.1, 0.15) is 12.8 Å². The van der Waals surface area contributed by atoms with E-state index in [0.29, 0.717) is 16.8 Å². The van der Waals surface area contributed by atoms with Gasteiger partial charge in [-0.2, -0.15) is 0 Å². The molecule has 4 saturated heterocycles. The Bertz CT molecular complexity index is 526. The highest BCUT2D eigenvalue weighted by Gasteiger charge is 2.55. The summed E-state index contributed by atoms with van der Waals surface area (Å²) in [5, 5.41) is 0.892. The van der Waals surface area contributed by atoms with Crippen molar-refractivity contribution in [1.82, 2.24) is 4.90 Å². The van der Waals surface area contributed by atoms with Crippen LogP contribution in [0.15, 0.2) is 12.1 Å². The number of carbonyl (C=O) groups excluding carboxylic acids is 1. The van der Waals surface area contributed by atoms with Crippen LogP contribution >= 0.6 is 22.9 Å². The van der Waals surface area contributed by atoms with Crippen LogP contribution in [0.25, 0.3) is 0 Å². The average molecular weight is 299 g/mol. The third-order valence-electron chi connectivity index (χ3n) is 4.58. The molecule has 1 aromatic rings. The molecule has 0 aromatic carbocycles. The van der Waals surface area contributed by atoms with E-state index < -0.39 is 0 Å². The first kappa shape index (κ1) is 12.0. The molecule has 6 heteroatoms. The molecule has 4 aliphatic heterocycles. The summed E-state index contributed by atoms with van der Waals surface area (Å²) in [6, 6.07) is 3.73. The van der Waals surface area contributed by atoms with Gasteiger partial charge in [0.25, 0.3) is 0 Å². The Morgan fingerprint density at radius 1 is 1.32 bits per heavy atom. The Labute approximate surface area is 120 Å². The zero-order valence-corrected chi connectivity index (χ0v) is 12.0. The first-order chi connectivity index (χ1) is 9.16. The van der Waals surface area contributed by atoms with Crippen LogP contribution in [0.3, 0.4) is 0 Å². The molecule has 0 N–H and O–H groups in total. The van der Waals surface area contributed by atoms with Crippen LogP contribution in [0.2, 0.25) is 4.34 Å². The van der Waals surface area contributed by atoms with Gasteiger partial charge < -0.3 is 4.74 Å². The summed E-state index contributed by atoms with van der Waals surface area (Å²) in [6.45, 7) is 3.85. The molecule has 0 aliphatic carbocycles. The van der Waals surface area contributed by atoms with Crippen molar-refractivity contribution >= 4 is 34.0 Å². The minimum atomic E-state index is -0.288. The highest BCUT2D eigenvalue weighted by Crippen LogP contribution is 2.44. The fraction of sp³-hybridized carbons (Fsp3) is 0.615. The predicted octanol–water partition coefficient (Wildman–Crippen LogP) is 2.82. The topological polar surface area (TPSA) is 32.8 Å². The van der Waals surface area contributed by atoms with Gasteiger partial charge in [-0.15, -0.1) is 11.3 Å². The van der Waals surface area contributed by atoms with Crippen LogP contribution in [-0.4, -0.2) is 42.8 Å². The molecule has 4 aliphatic rings. The van der Waals surface area contributed by atoms with Gasteiger partial charge in [-0.1, -0.05) is 11.6 Å². The van der Waals surface area contributed by atoms with Gasteiger partial charge in [-0.05, 0) is 38.1 Å². The lowest BCUT2D eigenvalue weighted by Gasteiger charge is -2.49. The summed E-state index contributed by atoms with van der Waals surface area (Å²) in [7, 11) is 0. The van der Waals surface area contributed by atoms with Crippen molar-refractivity contribution in [1.29, 1.82) is 0 Å². The molecular weight excluding hydrogens is 284 g/mol. The van der Waals surface area contributed by atoms with Crippen molar-refractivity contribution in [3.63, 3.8) is 0 Å². The number of piperidine rings is 3. The Morgan fingerprint density at radius 3 is 2.68 bits per heavy atom. The second kappa shape index (κ2) is 4.11. The number of rotatable bonds is 1. The minimum Gasteiger partial charge on any atom is -0.439 e. The van der Waals surface area contributed by atoms with E-state index >= 15 is 0 Å². The molecule has 2 bridgehead atoms. The van der Waals surface area contributed by atoms with E-state index in [-0.39, 0.29) is 11.7 Å². The van der Waals surface area contributed by atoms with Gasteiger partial charge in [0.1, 0.15) is 10.6 Å². The average Bonchev–Trinajstić information content (AvgIpc) is 2.95. The zero-order valence-electron chi connectivity index (χ0n) is 10.5. The van der Waals surface area contributed by atoms with Crippen molar-refractivity contribution in [3.05, 3.63) is 16.5 Å². The first-order valence-electron chi connectivity index (χ1n) is 6.64. The third kappa shape index (κ3) is 1.79. The smallest absolute Gasteiger partial charge is 0.415 e. The van der Waals surface area contributed by atoms with Crippen molar-refractivity contribution in [2.24, 2.45) is 5.92 Å². The fourth-order valence-electron chi connectivity index (χ4n) is 3.63. The van der Waals surface area contributed by atoms with Gasteiger partial charge in [-0.25, -0.2) is 4.79 Å². The van der Waals surface area contributed by atoms with Crippen molar-refractivity contribution in [2.75, 3.05) is 31.1 Å². The minimum absolute atomic E-state index is 0.215. The molecule has 1 aromatic heterocycles. The quantitative estimate of drug-likeness (QED) is 0.799. The summed E-state index contributed by atoms with van der Waals surface area (Å²) >= 11 is 7.39. The number of halogens is 1. The number of anilines is 1. The second-order valence-electron chi connectivity index (χ2n) is 5.65. The second-order valence-corrected chi connectivity index (χ2v) is 7.34. The molecule has 4 nitrogen and oxygen atoms in total. The van der Waals surface area contributed by atoms with E-state index in [1.54, 1.807) is 4.90 Å². The summed E-state index contributed by atoms with van der Waals surface area (Å²) < 4.78 is 6.52. The van der Waals surface area contributed by atoms with E-state index in [0.717, 1.165) is 37.5 Å². The Hall–Kier alpha value is -0.780. The van der Waals surface area contributed by atoms with E-state index in [4.69, 9.17) is 16.3 Å². The SMILES string of the molecule is O=C1O[C@@]2(CN3CCC2CC3)CN1c1ccc(Cl)s1. The van der Waals surface area contributed by atoms with Crippen LogP contribution < -0.4 is 4.90 Å². The first-order valence-corrected chi connectivity index (χ1v) is 7.84. The molecule has 1 amide bonds. The normalized spacial score (nSPS) is 37.1. The number of carbonyl (C=O) groups is 1. The number of thiophene rings is 1. The maximum atomic E-state index is 12.2. The Kier molecular flexibility index (Phi) is 2.59. The number of ether oxygens (including phenoxy) is 1. The van der Waals surface area contributed by atoms with E-state index in [1.807, 2.05) is 12.1 Å². The standard InChI is InChI=1S/C13H15ClN2O2S/c14-10-1-2-11(19-10)16-8-13(18-12(16)17)7-15-5-3-9(13)4-6-15/h1-2,9H,3-8H2/t13-/m0/s1. The molecule has 0 radical (unpaired) electrons. The maximum Gasteiger partial charge on any atom is 0.415 e. The summed E-state index contributed by atoms with van der Waals surface area (Å²) in [4.78, 5) is 16.3. The van der Waals surface area contributed by atoms with Gasteiger partial charge in [0.05, 0.1) is 10.9 Å². The number of fused-ring (bicyclic) bond motifs is 2. The lowest BCUT2D eigenvalue weighted by atomic mass is 9.75. The number of hydrogen-bond acceptors (Lipinski definition) is 4. The molecule has 19 heavy (non-hydrogen) atoms. The molecule has 5 rings (SSSR count). The predicted molar refractivity (Wildman–Crippen MR) is 75.1 cm³/mol. The van der Waals surface area contributed by atoms with Gasteiger partial charge in [-0.3, -0.25) is 9.80 Å². The van der Waals surface area contributed by atoms with Crippen molar-refractivity contribution in [3.8, 4) is 0 Å². The summed E-state index contributed by atoms with van der Waals surface area (Å²) in [5.41, 5.74) is -0.288. The van der Waals surface area contributed by atoms with Crippen LogP contribution in [0, 0.1) is 5.92 Å². The zero-order chi connectivity index (χ0) is 13.0. The highest BCUT2D eigenvalue weighted by molar-refractivity contribution is 7.20. The monoisotopic (exact) mass is 298 g/mol. The molecule has 4 fully saturated rings. The largest absolute Gasteiger partial charge is 0.439 e. The highest BCUT2D eigenvalue weighted by atomic mass is 35.5. The maximum absolute atomic E-state index is 12.2. The lowest BCUT2D eigenvalue weighted by molar-refractivity contribution is -0.0881. The number of hydrogen-bond donors (Lipinski definition) is 0. The fourth-order valence-corrected chi connectivity index (χ4v) is 4.65. The van der Waals surface area contributed by atoms with Crippen LogP contribution in [0.4, 0.5) is 9.80 Å². The van der Waals surface area contributed by atoms with E-state index in [9.17, 15) is 4.79 Å². The van der Waals surface area contributed by atoms with E-state index in [1.165, 1.54) is 11.3 Å². The Morgan fingerprint density at radius 2 is 2.11 bits per heavy atom. The summed E-state index contributed by atoms with van der Waals surface area (Å²) in [5.74, 6) is 0.516. The van der Waals surface area contributed by atoms with Gasteiger partial charge in [0, 0.05) is 12.5 Å². The lowest BCUT2D eigenvalue weighted by Crippen LogP contribution is -2.61. The molecule has 0 unspecified atom stereocenters. The number of nitrogens with zero attached hydrogens (tertiary/aromatic N) is 2. The molecule has 1 spiro atoms. The van der Waals surface area contributed by atoms with Gasteiger partial charge >= 0.3 is 6.09 Å². The molecule has 1 atom stereocenters. The van der Waals surface area contributed by atoms with Crippen molar-refractivity contribution < 1.29 is 9.53 Å². The van der Waals surface area contributed by atoms with Crippen molar-refractivity contribution in [2.45, 2.75) is 18.4 Å². The molecular formula is C13H15ClN2O2S. The van der Waals surface area contributed by atoms with Gasteiger partial charge in [0.2, 0.25) is 0 Å². The summed E-state index contributed by atoms with van der Waals surface area (Å²) in [6.07, 6.45) is 2.07. The van der Waals surface area contributed by atoms with E-state index in [2.05, 4.69) is 4.90 Å². The Balaban J connectivity index is 1.63.